The van der Waals surface area contributed by atoms with Crippen LogP contribution in [-0.2, 0) is 13.5 Å². The number of aromatic nitrogens is 2. The molecule has 0 saturated carbocycles. The minimum Gasteiger partial charge on any atom is -0.493 e. The van der Waals surface area contributed by atoms with E-state index >= 15 is 0 Å². The van der Waals surface area contributed by atoms with Crippen molar-refractivity contribution in [2.75, 3.05) is 47.9 Å². The lowest BCUT2D eigenvalue weighted by molar-refractivity contribution is 0.298. The van der Waals surface area contributed by atoms with Crippen molar-refractivity contribution in [1.82, 2.24) is 25.3 Å². The summed E-state index contributed by atoms with van der Waals surface area (Å²) in [6.07, 6.45) is 5.89. The lowest BCUT2D eigenvalue weighted by Gasteiger charge is -2.24. The molecule has 30 heavy (non-hydrogen) atoms. The SMILES string of the molecule is CCOc1cc(CCCNC(=NC)NCC(c2cnn(C)c2)N(C)C)ccc1OC. The fourth-order valence-corrected chi connectivity index (χ4v) is 3.27. The molecule has 0 bridgehead atoms. The molecule has 8 heteroatoms. The number of benzene rings is 1. The minimum absolute atomic E-state index is 0.216. The van der Waals surface area contributed by atoms with E-state index in [1.54, 1.807) is 14.2 Å². The van der Waals surface area contributed by atoms with E-state index in [-0.39, 0.29) is 6.04 Å². The molecule has 1 aromatic heterocycles. The highest BCUT2D eigenvalue weighted by atomic mass is 16.5. The van der Waals surface area contributed by atoms with Gasteiger partial charge in [0.15, 0.2) is 17.5 Å². The normalized spacial score (nSPS) is 12.7. The van der Waals surface area contributed by atoms with Crippen molar-refractivity contribution < 1.29 is 9.47 Å². The zero-order valence-corrected chi connectivity index (χ0v) is 19.1. The third kappa shape index (κ3) is 6.95. The summed E-state index contributed by atoms with van der Waals surface area (Å²) in [7, 11) is 9.53. The van der Waals surface area contributed by atoms with Crippen LogP contribution in [0.2, 0.25) is 0 Å². The van der Waals surface area contributed by atoms with Crippen LogP contribution in [0.1, 0.15) is 30.5 Å². The largest absolute Gasteiger partial charge is 0.493 e. The Morgan fingerprint density at radius 3 is 2.67 bits per heavy atom. The molecule has 0 radical (unpaired) electrons. The van der Waals surface area contributed by atoms with Crippen LogP contribution in [0.25, 0.3) is 0 Å². The maximum atomic E-state index is 5.66. The van der Waals surface area contributed by atoms with Crippen LogP contribution >= 0.6 is 0 Å². The van der Waals surface area contributed by atoms with E-state index in [0.29, 0.717) is 6.61 Å². The summed E-state index contributed by atoms with van der Waals surface area (Å²) in [5.41, 5.74) is 2.41. The van der Waals surface area contributed by atoms with E-state index in [1.165, 1.54) is 11.1 Å². The second-order valence-electron chi connectivity index (χ2n) is 7.33. The molecular formula is C22H36N6O2. The summed E-state index contributed by atoms with van der Waals surface area (Å²) in [5, 5.41) is 11.1. The first kappa shape index (κ1) is 23.5. The smallest absolute Gasteiger partial charge is 0.191 e. The van der Waals surface area contributed by atoms with Gasteiger partial charge in [-0.3, -0.25) is 9.67 Å². The van der Waals surface area contributed by atoms with E-state index in [9.17, 15) is 0 Å². The molecule has 1 unspecified atom stereocenters. The van der Waals surface area contributed by atoms with Crippen molar-refractivity contribution in [1.29, 1.82) is 0 Å². The van der Waals surface area contributed by atoms with Crippen molar-refractivity contribution in [2.45, 2.75) is 25.8 Å². The molecule has 2 rings (SSSR count). The van der Waals surface area contributed by atoms with E-state index in [4.69, 9.17) is 9.47 Å². The first-order valence-corrected chi connectivity index (χ1v) is 10.4. The summed E-state index contributed by atoms with van der Waals surface area (Å²) < 4.78 is 12.8. The van der Waals surface area contributed by atoms with Gasteiger partial charge >= 0.3 is 0 Å². The van der Waals surface area contributed by atoms with Crippen molar-refractivity contribution in [3.8, 4) is 11.5 Å². The Bertz CT molecular complexity index is 803. The lowest BCUT2D eigenvalue weighted by Crippen LogP contribution is -2.42. The molecule has 0 aliphatic heterocycles. The molecular weight excluding hydrogens is 380 g/mol. The topological polar surface area (TPSA) is 75.9 Å². The van der Waals surface area contributed by atoms with Crippen LogP contribution in [-0.4, -0.2) is 68.6 Å². The third-order valence-corrected chi connectivity index (χ3v) is 4.88. The molecule has 1 atom stereocenters. The van der Waals surface area contributed by atoms with Crippen molar-refractivity contribution in [2.24, 2.45) is 12.0 Å². The molecule has 0 aliphatic rings. The number of nitrogens with zero attached hydrogens (tertiary/aromatic N) is 4. The number of aliphatic imine (C=N–C) groups is 1. The summed E-state index contributed by atoms with van der Waals surface area (Å²) >= 11 is 0. The molecule has 0 amide bonds. The van der Waals surface area contributed by atoms with Crippen molar-refractivity contribution in [3.63, 3.8) is 0 Å². The first-order chi connectivity index (χ1) is 14.5. The summed E-state index contributed by atoms with van der Waals surface area (Å²) in [5.74, 6) is 2.37. The second kappa shape index (κ2) is 12.1. The molecule has 2 N–H and O–H groups in total. The molecule has 1 aromatic carbocycles. The average Bonchev–Trinajstić information content (AvgIpc) is 3.15. The van der Waals surface area contributed by atoms with Gasteiger partial charge in [-0.25, -0.2) is 0 Å². The van der Waals surface area contributed by atoms with Gasteiger partial charge in [0, 0.05) is 38.9 Å². The monoisotopic (exact) mass is 416 g/mol. The second-order valence-corrected chi connectivity index (χ2v) is 7.33. The number of hydrogen-bond donors (Lipinski definition) is 2. The number of rotatable bonds is 11. The van der Waals surface area contributed by atoms with Gasteiger partial charge in [-0.2, -0.15) is 5.10 Å². The maximum Gasteiger partial charge on any atom is 0.191 e. The Kier molecular flexibility index (Phi) is 9.47. The fourth-order valence-electron chi connectivity index (χ4n) is 3.27. The number of guanidine groups is 1. The van der Waals surface area contributed by atoms with Gasteiger partial charge in [0.25, 0.3) is 0 Å². The Morgan fingerprint density at radius 2 is 2.07 bits per heavy atom. The van der Waals surface area contributed by atoms with Crippen LogP contribution < -0.4 is 20.1 Å². The number of ether oxygens (including phenoxy) is 2. The van der Waals surface area contributed by atoms with Crippen LogP contribution in [0.4, 0.5) is 0 Å². The molecule has 1 heterocycles. The van der Waals surface area contributed by atoms with Gasteiger partial charge in [0.05, 0.1) is 26.0 Å². The van der Waals surface area contributed by atoms with E-state index in [2.05, 4.69) is 51.9 Å². The van der Waals surface area contributed by atoms with E-state index < -0.39 is 0 Å². The van der Waals surface area contributed by atoms with Crippen molar-refractivity contribution in [3.05, 3.63) is 41.7 Å². The highest BCUT2D eigenvalue weighted by Gasteiger charge is 2.16. The Hall–Kier alpha value is -2.74. The summed E-state index contributed by atoms with van der Waals surface area (Å²) in [6, 6.07) is 6.33. The Morgan fingerprint density at radius 1 is 1.27 bits per heavy atom. The van der Waals surface area contributed by atoms with Gasteiger partial charge in [-0.1, -0.05) is 6.07 Å². The van der Waals surface area contributed by atoms with Gasteiger partial charge < -0.3 is 25.0 Å². The van der Waals surface area contributed by atoms with Gasteiger partial charge in [-0.05, 0) is 51.6 Å². The Balaban J connectivity index is 1.81. The minimum atomic E-state index is 0.216. The van der Waals surface area contributed by atoms with Crippen molar-refractivity contribution >= 4 is 5.96 Å². The van der Waals surface area contributed by atoms with Crippen LogP contribution in [0.15, 0.2) is 35.6 Å². The third-order valence-electron chi connectivity index (χ3n) is 4.88. The predicted molar refractivity (Wildman–Crippen MR) is 121 cm³/mol. The molecule has 2 aromatic rings. The quantitative estimate of drug-likeness (QED) is 0.332. The molecule has 166 valence electrons. The zero-order chi connectivity index (χ0) is 21.9. The Labute approximate surface area is 180 Å². The number of likely N-dealkylation sites (N-methyl/N-ethyl adjacent to an activating group) is 1. The first-order valence-electron chi connectivity index (χ1n) is 10.4. The highest BCUT2D eigenvalue weighted by Crippen LogP contribution is 2.28. The number of methoxy groups -OCH3 is 1. The van der Waals surface area contributed by atoms with Gasteiger partial charge in [-0.15, -0.1) is 0 Å². The van der Waals surface area contributed by atoms with Crippen LogP contribution in [0.5, 0.6) is 11.5 Å². The fraction of sp³-hybridized carbons (Fsp3) is 0.545. The summed E-state index contributed by atoms with van der Waals surface area (Å²) in [4.78, 5) is 6.52. The average molecular weight is 417 g/mol. The number of nitrogens with one attached hydrogen (secondary N) is 2. The van der Waals surface area contributed by atoms with Gasteiger partial charge in [0.1, 0.15) is 0 Å². The molecule has 0 fully saturated rings. The predicted octanol–water partition coefficient (Wildman–Crippen LogP) is 2.23. The van der Waals surface area contributed by atoms with E-state index in [0.717, 1.165) is 43.4 Å². The lowest BCUT2D eigenvalue weighted by atomic mass is 10.1. The number of hydrogen-bond acceptors (Lipinski definition) is 5. The molecule has 0 spiro atoms. The van der Waals surface area contributed by atoms with E-state index in [1.807, 2.05) is 37.1 Å². The molecule has 0 saturated heterocycles. The maximum absolute atomic E-state index is 5.66. The summed E-state index contributed by atoms with van der Waals surface area (Å²) in [6.45, 7) is 4.17. The molecule has 0 aliphatic carbocycles. The van der Waals surface area contributed by atoms with Gasteiger partial charge in [0.2, 0.25) is 0 Å². The zero-order valence-electron chi connectivity index (χ0n) is 19.1. The molecule has 8 nitrogen and oxygen atoms in total. The highest BCUT2D eigenvalue weighted by molar-refractivity contribution is 5.79. The van der Waals surface area contributed by atoms with Crippen LogP contribution in [0.3, 0.4) is 0 Å². The standard InChI is InChI=1S/C22H36N6O2/c1-7-30-21-13-17(10-11-20(21)29-6)9-8-12-24-22(23-2)25-15-19(27(3)4)18-14-26-28(5)16-18/h10-11,13-14,16,19H,7-9,12,15H2,1-6H3,(H2,23,24,25). The van der Waals surface area contributed by atoms with Crippen LogP contribution in [0, 0.1) is 0 Å². The number of aryl methyl sites for hydroxylation is 2.